The number of nitrogens with zero attached hydrogens (tertiary/aromatic N) is 1. The molecule has 4 heterocycles. The second kappa shape index (κ2) is 10.4. The third-order valence-electron chi connectivity index (χ3n) is 7.39. The number of rotatable bonds is 6. The van der Waals surface area contributed by atoms with Gasteiger partial charge in [0.25, 0.3) is 5.56 Å². The molecule has 2 aromatic rings. The molecule has 3 aliphatic rings. The number of aromatic nitrogens is 1. The Morgan fingerprint density at radius 1 is 1.11 bits per heavy atom. The minimum absolute atomic E-state index is 0.0629. The lowest BCUT2D eigenvalue weighted by atomic mass is 9.87. The molecule has 0 amide bonds. The number of methoxy groups -OCH3 is 2. The molecule has 38 heavy (non-hydrogen) atoms. The molecule has 12 nitrogen and oxygen atoms in total. The first kappa shape index (κ1) is 26.8. The van der Waals surface area contributed by atoms with Gasteiger partial charge in [-0.2, -0.15) is 0 Å². The highest BCUT2D eigenvalue weighted by molar-refractivity contribution is 5.71. The van der Waals surface area contributed by atoms with Crippen molar-refractivity contribution in [3.8, 4) is 22.8 Å². The summed E-state index contributed by atoms with van der Waals surface area (Å²) < 4.78 is 29.7. The molecule has 0 saturated carbocycles. The topological polar surface area (TPSA) is 169 Å². The maximum Gasteiger partial charge on any atom is 0.259 e. The van der Waals surface area contributed by atoms with Gasteiger partial charge in [0.2, 0.25) is 0 Å². The van der Waals surface area contributed by atoms with Gasteiger partial charge in [-0.05, 0) is 35.7 Å². The molecule has 1 saturated heterocycles. The first-order valence-electron chi connectivity index (χ1n) is 12.2. The number of hydrogen-bond acceptors (Lipinski definition) is 11. The molecule has 3 aliphatic heterocycles. The lowest BCUT2D eigenvalue weighted by Gasteiger charge is -2.43. The van der Waals surface area contributed by atoms with E-state index in [1.807, 2.05) is 0 Å². The molecular formula is C26H31NO11. The van der Waals surface area contributed by atoms with Crippen LogP contribution in [0.15, 0.2) is 35.6 Å². The van der Waals surface area contributed by atoms with Crippen molar-refractivity contribution in [2.24, 2.45) is 0 Å². The van der Waals surface area contributed by atoms with Crippen molar-refractivity contribution in [3.63, 3.8) is 0 Å². The van der Waals surface area contributed by atoms with Gasteiger partial charge in [-0.3, -0.25) is 4.79 Å². The van der Waals surface area contributed by atoms with E-state index >= 15 is 0 Å². The molecule has 1 aromatic carbocycles. The molecule has 0 spiro atoms. The zero-order valence-corrected chi connectivity index (χ0v) is 20.9. The number of aliphatic hydroxyl groups excluding tert-OH is 4. The number of hydrogen-bond donors (Lipinski definition) is 5. The van der Waals surface area contributed by atoms with Crippen LogP contribution in [0.5, 0.6) is 11.5 Å². The van der Waals surface area contributed by atoms with Crippen molar-refractivity contribution in [2.75, 3.05) is 20.8 Å². The Kier molecular flexibility index (Phi) is 7.33. The molecule has 5 rings (SSSR count). The minimum atomic E-state index is -1.65. The van der Waals surface area contributed by atoms with Crippen molar-refractivity contribution in [1.29, 1.82) is 0 Å². The first-order valence-corrected chi connectivity index (χ1v) is 12.2. The molecule has 1 fully saturated rings. The zero-order valence-electron chi connectivity index (χ0n) is 20.9. The summed E-state index contributed by atoms with van der Waals surface area (Å²) in [5, 5.41) is 50.7. The van der Waals surface area contributed by atoms with Gasteiger partial charge in [0.15, 0.2) is 30.4 Å². The fourth-order valence-corrected chi connectivity index (χ4v) is 5.35. The number of phenols is 1. The Balaban J connectivity index is 1.57. The van der Waals surface area contributed by atoms with Crippen molar-refractivity contribution >= 4 is 0 Å². The molecule has 0 radical (unpaired) electrons. The summed E-state index contributed by atoms with van der Waals surface area (Å²) in [7, 11) is 2.84. The van der Waals surface area contributed by atoms with Gasteiger partial charge >= 0.3 is 0 Å². The van der Waals surface area contributed by atoms with Gasteiger partial charge in [-0.15, -0.1) is 6.58 Å². The van der Waals surface area contributed by atoms with Gasteiger partial charge in [-0.25, -0.2) is 0 Å². The highest BCUT2D eigenvalue weighted by Crippen LogP contribution is 2.43. The summed E-state index contributed by atoms with van der Waals surface area (Å²) >= 11 is 0. The summed E-state index contributed by atoms with van der Waals surface area (Å²) in [6.45, 7) is 3.65. The Labute approximate surface area is 217 Å². The van der Waals surface area contributed by atoms with E-state index in [0.29, 0.717) is 35.5 Å². The van der Waals surface area contributed by atoms with Crippen LogP contribution < -0.4 is 10.3 Å². The van der Waals surface area contributed by atoms with Gasteiger partial charge in [0.05, 0.1) is 30.9 Å². The minimum Gasteiger partial charge on any atom is -0.504 e. The molecule has 0 unspecified atom stereocenters. The van der Waals surface area contributed by atoms with Crippen molar-refractivity contribution < 1.29 is 49.2 Å². The van der Waals surface area contributed by atoms with E-state index in [2.05, 4.69) is 6.58 Å². The molecular weight excluding hydrogens is 502 g/mol. The number of phenolic OH excluding ortho intramolecular Hbond substituents is 1. The summed E-state index contributed by atoms with van der Waals surface area (Å²) in [6.07, 6.45) is -7.73. The average molecular weight is 534 g/mol. The Morgan fingerprint density at radius 3 is 2.53 bits per heavy atom. The van der Waals surface area contributed by atoms with Gasteiger partial charge in [0.1, 0.15) is 24.4 Å². The van der Waals surface area contributed by atoms with Crippen molar-refractivity contribution in [3.05, 3.63) is 57.9 Å². The SMILES string of the molecule is C=C[C@@H]1c2cc3n(c(=O)c2[C@@H](OC)O[C@H]1O[C@@H]1O[C@H](CO)[C@@H](O)[C@H](O)[C@H]1O)CCc1cc(OC)c(O)cc1-3. The second-order valence-corrected chi connectivity index (χ2v) is 9.45. The maximum atomic E-state index is 13.7. The highest BCUT2D eigenvalue weighted by Gasteiger charge is 2.47. The number of ether oxygens (including phenoxy) is 5. The predicted octanol–water partition coefficient (Wildman–Crippen LogP) is -0.127. The van der Waals surface area contributed by atoms with Crippen LogP contribution in [0.25, 0.3) is 11.3 Å². The van der Waals surface area contributed by atoms with E-state index in [1.54, 1.807) is 22.8 Å². The van der Waals surface area contributed by atoms with Crippen LogP contribution >= 0.6 is 0 Å². The van der Waals surface area contributed by atoms with E-state index in [4.69, 9.17) is 23.7 Å². The van der Waals surface area contributed by atoms with E-state index in [9.17, 15) is 30.3 Å². The van der Waals surface area contributed by atoms with Crippen molar-refractivity contribution in [1.82, 2.24) is 4.57 Å². The Morgan fingerprint density at radius 2 is 1.87 bits per heavy atom. The Hall–Kier alpha value is -2.81. The van der Waals surface area contributed by atoms with Crippen LogP contribution in [0.2, 0.25) is 0 Å². The smallest absolute Gasteiger partial charge is 0.259 e. The maximum absolute atomic E-state index is 13.7. The lowest BCUT2D eigenvalue weighted by molar-refractivity contribution is -0.358. The number of benzene rings is 1. The van der Waals surface area contributed by atoms with Gasteiger partial charge < -0.3 is 53.8 Å². The largest absolute Gasteiger partial charge is 0.504 e. The molecule has 5 N–H and O–H groups in total. The normalized spacial score (nSPS) is 32.2. The van der Waals surface area contributed by atoms with Crippen LogP contribution in [0.3, 0.4) is 0 Å². The summed E-state index contributed by atoms with van der Waals surface area (Å²) in [5.74, 6) is -0.464. The summed E-state index contributed by atoms with van der Waals surface area (Å²) in [4.78, 5) is 13.7. The molecule has 0 aliphatic carbocycles. The fourth-order valence-electron chi connectivity index (χ4n) is 5.35. The molecule has 8 atom stereocenters. The zero-order chi connectivity index (χ0) is 27.3. The third kappa shape index (κ3) is 4.23. The van der Waals surface area contributed by atoms with E-state index in [-0.39, 0.29) is 16.9 Å². The summed E-state index contributed by atoms with van der Waals surface area (Å²) in [5.41, 5.74) is 2.58. The second-order valence-electron chi connectivity index (χ2n) is 9.45. The average Bonchev–Trinajstić information content (AvgIpc) is 2.92. The van der Waals surface area contributed by atoms with E-state index in [0.717, 1.165) is 5.56 Å². The first-order chi connectivity index (χ1) is 18.2. The Bertz CT molecular complexity index is 1270. The number of aliphatic hydroxyl groups is 4. The number of pyridine rings is 1. The van der Waals surface area contributed by atoms with Crippen LogP contribution in [0.4, 0.5) is 0 Å². The number of aryl methyl sites for hydroxylation is 1. The standard InChI is InChI=1S/C26H31NO11/c1-4-12-14-8-15-13-9-16(29)17(34-2)7-11(13)5-6-27(15)23(33)19(14)25(35-3)37-24(12)38-26-22(32)21(31)20(30)18(10-28)36-26/h4,7-9,12,18,20-22,24-26,28-32H,1,5-6,10H2,2-3H3/t12-,18-,20-,21+,22-,24+,25+,26+/m1/s1. The third-order valence-corrected chi connectivity index (χ3v) is 7.39. The van der Waals surface area contributed by atoms with Crippen molar-refractivity contribution in [2.45, 2.75) is 62.2 Å². The highest BCUT2D eigenvalue weighted by atomic mass is 16.8. The molecule has 12 heteroatoms. The van der Waals surface area contributed by atoms with E-state index in [1.165, 1.54) is 20.3 Å². The number of aromatic hydroxyl groups is 1. The quantitative estimate of drug-likeness (QED) is 0.314. The summed E-state index contributed by atoms with van der Waals surface area (Å²) in [6, 6.07) is 5.10. The monoisotopic (exact) mass is 533 g/mol. The number of fused-ring (bicyclic) bond motifs is 4. The van der Waals surface area contributed by atoms with Gasteiger partial charge in [0, 0.05) is 19.2 Å². The molecule has 1 aromatic heterocycles. The van der Waals surface area contributed by atoms with Crippen LogP contribution in [0, 0.1) is 0 Å². The van der Waals surface area contributed by atoms with Crippen LogP contribution in [0.1, 0.15) is 28.9 Å². The fraction of sp³-hybridized carbons (Fsp3) is 0.500. The van der Waals surface area contributed by atoms with E-state index < -0.39 is 55.8 Å². The van der Waals surface area contributed by atoms with Crippen LogP contribution in [-0.4, -0.2) is 87.9 Å². The van der Waals surface area contributed by atoms with Gasteiger partial charge in [-0.1, -0.05) is 6.08 Å². The lowest BCUT2D eigenvalue weighted by Crippen LogP contribution is -2.60. The van der Waals surface area contributed by atoms with Crippen LogP contribution in [-0.2, 0) is 31.9 Å². The molecule has 0 bridgehead atoms. The molecule has 206 valence electrons. The predicted molar refractivity (Wildman–Crippen MR) is 130 cm³/mol.